The summed E-state index contributed by atoms with van der Waals surface area (Å²) in [6.45, 7) is 12.8. The van der Waals surface area contributed by atoms with Gasteiger partial charge in [0.2, 0.25) is 0 Å². The van der Waals surface area contributed by atoms with Gasteiger partial charge in [-0.2, -0.15) is 0 Å². The summed E-state index contributed by atoms with van der Waals surface area (Å²) < 4.78 is 40.8. The number of rotatable bonds is 8. The molecule has 317 valence electrons. The van der Waals surface area contributed by atoms with Crippen molar-refractivity contribution in [2.24, 2.45) is 0 Å². The standard InChI is InChI=1S/C37H32N3O.C18H24GeN.Ir/c1-22(2)30-20-26(25-12-7-6-8-13-25)21-31(23(3)4)34(30)40-32-19-18-24(5)38-36(32)39-37(40)29-16-11-15-28-27-14-9-10-17-33(27)41-35(28)29;1-13(2)16-11-18(15-9-7-14(3)8-10-15)20-12-17(16)19(4,5)6;/h6-15,17-23H,1-5H3;7-9,11-13H,1-6H3;/q2*-1;/i;3D3,13D;. The van der Waals surface area contributed by atoms with Crippen molar-refractivity contribution in [2.75, 3.05) is 0 Å². The molecule has 5 aromatic carbocycles. The maximum atomic E-state index is 8.49. The number of furan rings is 1. The molecule has 0 saturated heterocycles. The molecule has 0 atom stereocenters. The van der Waals surface area contributed by atoms with Crippen molar-refractivity contribution in [3.05, 3.63) is 162 Å². The van der Waals surface area contributed by atoms with E-state index in [1.165, 1.54) is 38.4 Å². The van der Waals surface area contributed by atoms with Crippen molar-refractivity contribution in [1.82, 2.24) is 19.5 Å². The fraction of sp³-hybridized carbons (Fsp3) is 0.255. The van der Waals surface area contributed by atoms with Crippen LogP contribution in [-0.4, -0.2) is 32.8 Å². The summed E-state index contributed by atoms with van der Waals surface area (Å²) in [5, 5.41) is 2.15. The molecule has 0 fully saturated rings. The Morgan fingerprint density at radius 2 is 1.45 bits per heavy atom. The summed E-state index contributed by atoms with van der Waals surface area (Å²) in [6, 6.07) is 45.1. The van der Waals surface area contributed by atoms with Crippen LogP contribution in [0.4, 0.5) is 0 Å². The molecule has 0 bridgehead atoms. The Morgan fingerprint density at radius 3 is 2.10 bits per heavy atom. The summed E-state index contributed by atoms with van der Waals surface area (Å²) in [7, 11) is 0. The Balaban J connectivity index is 0.000000223. The Bertz CT molecular complexity index is 3150. The van der Waals surface area contributed by atoms with Gasteiger partial charge in [0, 0.05) is 36.9 Å². The minimum Gasteiger partial charge on any atom is 0 e. The molecular formula is C55H56GeIrN4O-2. The van der Waals surface area contributed by atoms with Crippen molar-refractivity contribution in [1.29, 1.82) is 0 Å². The number of imidazole rings is 1. The zero-order valence-electron chi connectivity index (χ0n) is 41.2. The van der Waals surface area contributed by atoms with Gasteiger partial charge in [0.15, 0.2) is 5.65 Å². The first-order valence-corrected chi connectivity index (χ1v) is 28.5. The number of hydrogen-bond donors (Lipinski definition) is 0. The van der Waals surface area contributed by atoms with Gasteiger partial charge in [-0.1, -0.05) is 87.2 Å². The summed E-state index contributed by atoms with van der Waals surface area (Å²) in [5.41, 5.74) is 14.0. The normalized spacial score (nSPS) is 13.1. The molecule has 0 N–H and O–H groups in total. The van der Waals surface area contributed by atoms with Crippen LogP contribution in [0, 0.1) is 25.9 Å². The maximum Gasteiger partial charge on any atom is 0 e. The van der Waals surface area contributed by atoms with E-state index in [0.29, 0.717) is 0 Å². The Kier molecular flexibility index (Phi) is 11.7. The molecule has 0 amide bonds. The molecular weight excluding hydrogens is 997 g/mol. The average Bonchev–Trinajstić information content (AvgIpc) is 3.83. The van der Waals surface area contributed by atoms with Gasteiger partial charge in [-0.3, -0.25) is 4.98 Å². The predicted molar refractivity (Wildman–Crippen MR) is 259 cm³/mol. The van der Waals surface area contributed by atoms with E-state index in [1.807, 2.05) is 57.3 Å². The van der Waals surface area contributed by atoms with Crippen LogP contribution in [0.5, 0.6) is 0 Å². The number of pyridine rings is 2. The molecule has 0 unspecified atom stereocenters. The molecule has 4 heterocycles. The van der Waals surface area contributed by atoms with Gasteiger partial charge in [-0.15, -0.1) is 18.2 Å². The summed E-state index contributed by atoms with van der Waals surface area (Å²) in [6.07, 6.45) is 1.91. The first kappa shape index (κ1) is 39.7. The van der Waals surface area contributed by atoms with Gasteiger partial charge in [-0.25, -0.2) is 4.98 Å². The van der Waals surface area contributed by atoms with E-state index in [1.54, 1.807) is 12.1 Å². The minimum atomic E-state index is -2.14. The number of aryl methyl sites for hydroxylation is 2. The number of benzene rings is 5. The number of nitrogens with zero attached hydrogens (tertiary/aromatic N) is 4. The molecule has 9 rings (SSSR count). The van der Waals surface area contributed by atoms with Crippen LogP contribution in [0.3, 0.4) is 0 Å². The Labute approximate surface area is 389 Å². The Morgan fingerprint density at radius 1 is 0.742 bits per heavy atom. The van der Waals surface area contributed by atoms with Gasteiger partial charge >= 0.3 is 131 Å². The zero-order valence-corrected chi connectivity index (χ0v) is 41.7. The topological polar surface area (TPSA) is 56.7 Å². The average molecular weight is 1060 g/mol. The Hall–Kier alpha value is -5.14. The van der Waals surface area contributed by atoms with Gasteiger partial charge in [0.05, 0.1) is 16.9 Å². The van der Waals surface area contributed by atoms with Crippen LogP contribution >= 0.6 is 0 Å². The molecule has 0 spiro atoms. The fourth-order valence-electron chi connectivity index (χ4n) is 8.12. The molecule has 4 aromatic heterocycles. The smallest absolute Gasteiger partial charge is 0 e. The van der Waals surface area contributed by atoms with Crippen molar-refractivity contribution in [2.45, 2.75) is 90.3 Å². The van der Waals surface area contributed by atoms with E-state index in [0.717, 1.165) is 67.0 Å². The van der Waals surface area contributed by atoms with Crippen LogP contribution in [0.25, 0.3) is 72.6 Å². The van der Waals surface area contributed by atoms with Gasteiger partial charge in [0.25, 0.3) is 0 Å². The third-order valence-electron chi connectivity index (χ3n) is 11.3. The number of hydrogen-bond acceptors (Lipinski definition) is 4. The second-order valence-electron chi connectivity index (χ2n) is 17.8. The van der Waals surface area contributed by atoms with E-state index in [-0.39, 0.29) is 37.5 Å². The number of para-hydroxylation sites is 1. The second-order valence-corrected chi connectivity index (χ2v) is 28.4. The third kappa shape index (κ3) is 8.88. The van der Waals surface area contributed by atoms with E-state index in [4.69, 9.17) is 19.9 Å². The molecule has 0 saturated carbocycles. The van der Waals surface area contributed by atoms with Crippen LogP contribution in [-0.2, 0) is 20.1 Å². The first-order valence-electron chi connectivity index (χ1n) is 23.2. The molecule has 0 aliphatic rings. The maximum absolute atomic E-state index is 8.49. The van der Waals surface area contributed by atoms with Crippen molar-refractivity contribution < 1.29 is 30.0 Å². The monoisotopic (exact) mass is 1060 g/mol. The largest absolute Gasteiger partial charge is 0 e. The minimum absolute atomic E-state index is 0. The third-order valence-corrected chi connectivity index (χ3v) is 15.5. The molecule has 7 heteroatoms. The summed E-state index contributed by atoms with van der Waals surface area (Å²) in [5.74, 6) is 7.53. The molecule has 9 aromatic rings. The molecule has 5 nitrogen and oxygen atoms in total. The second kappa shape index (κ2) is 18.3. The number of aromatic nitrogens is 4. The van der Waals surface area contributed by atoms with Crippen LogP contribution in [0.1, 0.15) is 92.7 Å². The van der Waals surface area contributed by atoms with E-state index < -0.39 is 26.0 Å². The van der Waals surface area contributed by atoms with E-state index in [2.05, 4.69) is 133 Å². The van der Waals surface area contributed by atoms with E-state index >= 15 is 0 Å². The molecule has 0 aliphatic heterocycles. The van der Waals surface area contributed by atoms with Crippen LogP contribution < -0.4 is 4.40 Å². The first-order chi connectivity index (χ1) is 30.7. The van der Waals surface area contributed by atoms with Gasteiger partial charge in [-0.05, 0) is 71.3 Å². The van der Waals surface area contributed by atoms with Crippen LogP contribution in [0.2, 0.25) is 17.3 Å². The van der Waals surface area contributed by atoms with Crippen molar-refractivity contribution in [3.8, 4) is 39.5 Å². The van der Waals surface area contributed by atoms with E-state index in [9.17, 15) is 0 Å². The quantitative estimate of drug-likeness (QED) is 0.112. The van der Waals surface area contributed by atoms with Crippen molar-refractivity contribution in [3.63, 3.8) is 0 Å². The summed E-state index contributed by atoms with van der Waals surface area (Å²) in [4.78, 5) is 14.6. The molecule has 1 radical (unpaired) electrons. The molecule has 62 heavy (non-hydrogen) atoms. The zero-order chi connectivity index (χ0) is 46.6. The molecule has 0 aliphatic carbocycles. The SMILES string of the molecule is Cc1ccc2c(n1)nc(-c1[c-]ccc3c1oc1ccccc13)n2-c1c(C(C)C)cc(-c2ccccc2)cc1C(C)C.[2H]C([2H])([2H])c1c[c-]c(-c2cc(C([2H])(C)C)[c]([Ge]([CH3])([CH3])[CH3])cn2)cc1.[Ir]. The van der Waals surface area contributed by atoms with Gasteiger partial charge < -0.3 is 8.98 Å². The van der Waals surface area contributed by atoms with Crippen LogP contribution in [0.15, 0.2) is 126 Å². The van der Waals surface area contributed by atoms with Gasteiger partial charge in [0.1, 0.15) is 5.58 Å². The number of fused-ring (bicyclic) bond motifs is 4. The predicted octanol–water partition coefficient (Wildman–Crippen LogP) is 14.5. The van der Waals surface area contributed by atoms with Crippen molar-refractivity contribution >= 4 is 50.8 Å². The fourth-order valence-corrected chi connectivity index (χ4v) is 11.4. The summed E-state index contributed by atoms with van der Waals surface area (Å²) >= 11 is -2.14.